The molecule has 0 unspecified atom stereocenters. The number of nitrogens with zero attached hydrogens (tertiary/aromatic N) is 2. The van der Waals surface area contributed by atoms with E-state index in [9.17, 15) is 4.79 Å². The molecule has 0 saturated carbocycles. The third-order valence-electron chi connectivity index (χ3n) is 1.21. The molecule has 0 fully saturated rings. The molecule has 0 aliphatic carbocycles. The molecule has 0 saturated heterocycles. The number of hydrogen-bond donors (Lipinski definition) is 2. The monoisotopic (exact) mass is 253 g/mol. The van der Waals surface area contributed by atoms with Gasteiger partial charge in [0.15, 0.2) is 15.5 Å². The maximum Gasteiger partial charge on any atom is 0.409 e. The summed E-state index contributed by atoms with van der Waals surface area (Å²) >= 11 is 12.6. The first-order valence-corrected chi connectivity index (χ1v) is 5.29. The van der Waals surface area contributed by atoms with Crippen molar-refractivity contribution >= 4 is 46.7 Å². The Morgan fingerprint density at radius 3 is 2.29 bits per heavy atom. The van der Waals surface area contributed by atoms with Crippen LogP contribution in [-0.2, 0) is 0 Å². The number of halogens is 2. The molecule has 0 spiro atoms. The number of hydrogen-bond acceptors (Lipinski definition) is 4. The van der Waals surface area contributed by atoms with Crippen LogP contribution in [0.3, 0.4) is 0 Å². The van der Waals surface area contributed by atoms with Gasteiger partial charge in [0.1, 0.15) is 5.69 Å². The van der Waals surface area contributed by atoms with Crippen LogP contribution in [0.1, 0.15) is 0 Å². The van der Waals surface area contributed by atoms with Gasteiger partial charge in [-0.1, -0.05) is 35.0 Å². The van der Waals surface area contributed by atoms with Crippen LogP contribution in [0.5, 0.6) is 0 Å². The molecule has 1 rings (SSSR count). The van der Waals surface area contributed by atoms with E-state index < -0.39 is 6.09 Å². The van der Waals surface area contributed by atoms with Crippen molar-refractivity contribution in [2.45, 2.75) is 5.16 Å². The van der Waals surface area contributed by atoms with Gasteiger partial charge in [0, 0.05) is 0 Å². The number of amides is 1. The molecular formula is C6H5Cl2N3O2S. The maximum absolute atomic E-state index is 10.3. The molecule has 76 valence electrons. The van der Waals surface area contributed by atoms with E-state index in [2.05, 4.69) is 9.97 Å². The number of anilines is 1. The van der Waals surface area contributed by atoms with Crippen molar-refractivity contribution in [3.05, 3.63) is 10.3 Å². The van der Waals surface area contributed by atoms with Gasteiger partial charge in [0.05, 0.1) is 0 Å². The second-order valence-electron chi connectivity index (χ2n) is 2.10. The summed E-state index contributed by atoms with van der Waals surface area (Å²) in [4.78, 5) is 18.0. The van der Waals surface area contributed by atoms with Crippen molar-refractivity contribution in [1.82, 2.24) is 9.97 Å². The number of carboxylic acid groups (broad SMARTS) is 1. The lowest BCUT2D eigenvalue weighted by Crippen LogP contribution is -2.09. The summed E-state index contributed by atoms with van der Waals surface area (Å²) in [5.41, 5.74) is -0.00127. The average molecular weight is 254 g/mol. The topological polar surface area (TPSA) is 75.1 Å². The highest BCUT2D eigenvalue weighted by Gasteiger charge is 2.13. The maximum atomic E-state index is 10.3. The van der Waals surface area contributed by atoms with Crippen LogP contribution in [0, 0.1) is 0 Å². The molecule has 0 aliphatic heterocycles. The second kappa shape index (κ2) is 4.68. The largest absolute Gasteiger partial charge is 0.465 e. The molecule has 0 atom stereocenters. The van der Waals surface area contributed by atoms with Gasteiger partial charge < -0.3 is 5.11 Å². The van der Waals surface area contributed by atoms with Crippen molar-refractivity contribution in [2.24, 2.45) is 0 Å². The first kappa shape index (κ1) is 11.4. The molecule has 14 heavy (non-hydrogen) atoms. The molecule has 0 aromatic carbocycles. The van der Waals surface area contributed by atoms with Crippen LogP contribution >= 0.6 is 35.0 Å². The van der Waals surface area contributed by atoms with Gasteiger partial charge >= 0.3 is 6.09 Å². The Morgan fingerprint density at radius 1 is 1.43 bits per heavy atom. The van der Waals surface area contributed by atoms with Crippen molar-refractivity contribution in [1.29, 1.82) is 0 Å². The fourth-order valence-corrected chi connectivity index (χ4v) is 1.64. The molecule has 1 amide bonds. The minimum atomic E-state index is -1.27. The van der Waals surface area contributed by atoms with E-state index in [1.165, 1.54) is 11.8 Å². The number of aromatic nitrogens is 2. The number of nitrogens with one attached hydrogen (secondary N) is 1. The number of rotatable bonds is 2. The molecule has 8 heteroatoms. The van der Waals surface area contributed by atoms with Crippen molar-refractivity contribution in [3.63, 3.8) is 0 Å². The lowest BCUT2D eigenvalue weighted by Gasteiger charge is -2.05. The Balaban J connectivity index is 3.11. The normalized spacial score (nSPS) is 9.93. The van der Waals surface area contributed by atoms with Gasteiger partial charge in [0.25, 0.3) is 0 Å². The van der Waals surface area contributed by atoms with Gasteiger partial charge in [-0.2, -0.15) is 0 Å². The summed E-state index contributed by atoms with van der Waals surface area (Å²) in [5.74, 6) is 0. The van der Waals surface area contributed by atoms with Crippen LogP contribution in [0.2, 0.25) is 10.3 Å². The van der Waals surface area contributed by atoms with Gasteiger partial charge in [0.2, 0.25) is 0 Å². The van der Waals surface area contributed by atoms with Crippen LogP contribution < -0.4 is 5.32 Å². The summed E-state index contributed by atoms with van der Waals surface area (Å²) in [6, 6.07) is 0. The molecule has 1 aromatic rings. The molecule has 0 bridgehead atoms. The van der Waals surface area contributed by atoms with E-state index in [1.807, 2.05) is 5.32 Å². The number of thioether (sulfide) groups is 1. The summed E-state index contributed by atoms with van der Waals surface area (Å²) in [5, 5.41) is 10.8. The fourth-order valence-electron chi connectivity index (χ4n) is 0.691. The zero-order valence-electron chi connectivity index (χ0n) is 6.91. The molecular weight excluding hydrogens is 249 g/mol. The highest BCUT2D eigenvalue weighted by atomic mass is 35.5. The fraction of sp³-hybridized carbons (Fsp3) is 0.167. The molecule has 1 heterocycles. The number of carbonyl (C=O) groups is 1. The van der Waals surface area contributed by atoms with Crippen molar-refractivity contribution in [2.75, 3.05) is 11.6 Å². The van der Waals surface area contributed by atoms with Gasteiger partial charge in [-0.3, -0.25) is 5.32 Å². The average Bonchev–Trinajstić information content (AvgIpc) is 2.10. The second-order valence-corrected chi connectivity index (χ2v) is 3.59. The molecule has 0 aliphatic rings. The summed E-state index contributed by atoms with van der Waals surface area (Å²) in [7, 11) is 0. The first-order chi connectivity index (χ1) is 6.54. The molecule has 1 aromatic heterocycles. The Kier molecular flexibility index (Phi) is 3.79. The van der Waals surface area contributed by atoms with E-state index in [0.29, 0.717) is 5.16 Å². The third kappa shape index (κ3) is 2.63. The Labute approximate surface area is 93.8 Å². The first-order valence-electron chi connectivity index (χ1n) is 3.31. The quantitative estimate of drug-likeness (QED) is 0.482. The van der Waals surface area contributed by atoms with E-state index in [1.54, 1.807) is 6.26 Å². The summed E-state index contributed by atoms with van der Waals surface area (Å²) < 4.78 is 0. The van der Waals surface area contributed by atoms with E-state index in [0.717, 1.165) is 0 Å². The molecule has 5 nitrogen and oxygen atoms in total. The predicted octanol–water partition coefficient (Wildman–Crippen LogP) is 2.60. The van der Waals surface area contributed by atoms with Crippen LogP contribution in [-0.4, -0.2) is 27.4 Å². The summed E-state index contributed by atoms with van der Waals surface area (Å²) in [6.07, 6.45) is 0.487. The summed E-state index contributed by atoms with van der Waals surface area (Å²) in [6.45, 7) is 0. The van der Waals surface area contributed by atoms with E-state index in [4.69, 9.17) is 28.3 Å². The van der Waals surface area contributed by atoms with Crippen LogP contribution in [0.15, 0.2) is 5.16 Å². The predicted molar refractivity (Wildman–Crippen MR) is 55.5 cm³/mol. The Bertz CT molecular complexity index is 351. The SMILES string of the molecule is CSc1nc(Cl)c(NC(=O)O)c(Cl)n1. The van der Waals surface area contributed by atoms with E-state index >= 15 is 0 Å². The minimum absolute atomic E-state index is 0.00127. The standard InChI is InChI=1S/C6H5Cl2N3O2S/c1-14-5-10-3(7)2(4(8)11-5)9-6(12)13/h9H,1H3,(H,12,13). The van der Waals surface area contributed by atoms with Crippen molar-refractivity contribution in [3.8, 4) is 0 Å². The highest BCUT2D eigenvalue weighted by Crippen LogP contribution is 2.28. The van der Waals surface area contributed by atoms with Crippen LogP contribution in [0.25, 0.3) is 0 Å². The zero-order valence-corrected chi connectivity index (χ0v) is 9.24. The molecule has 2 N–H and O–H groups in total. The lowest BCUT2D eigenvalue weighted by molar-refractivity contribution is 0.209. The minimum Gasteiger partial charge on any atom is -0.465 e. The third-order valence-corrected chi connectivity index (χ3v) is 2.31. The Morgan fingerprint density at radius 2 is 1.93 bits per heavy atom. The van der Waals surface area contributed by atoms with E-state index in [-0.39, 0.29) is 16.0 Å². The van der Waals surface area contributed by atoms with Crippen LogP contribution in [0.4, 0.5) is 10.5 Å². The van der Waals surface area contributed by atoms with Gasteiger partial charge in [-0.15, -0.1) is 0 Å². The smallest absolute Gasteiger partial charge is 0.409 e. The lowest BCUT2D eigenvalue weighted by atomic mass is 10.5. The van der Waals surface area contributed by atoms with Gasteiger partial charge in [-0.05, 0) is 6.26 Å². The zero-order chi connectivity index (χ0) is 10.7. The Hall–Kier alpha value is -0.720. The van der Waals surface area contributed by atoms with Gasteiger partial charge in [-0.25, -0.2) is 14.8 Å². The highest BCUT2D eigenvalue weighted by molar-refractivity contribution is 7.98. The molecule has 0 radical (unpaired) electrons. The van der Waals surface area contributed by atoms with Crippen molar-refractivity contribution < 1.29 is 9.90 Å².